The highest BCUT2D eigenvalue weighted by molar-refractivity contribution is 7.99. The van der Waals surface area contributed by atoms with Crippen molar-refractivity contribution in [3.63, 3.8) is 0 Å². The Balaban J connectivity index is 1.60. The van der Waals surface area contributed by atoms with E-state index in [1.165, 1.54) is 24.3 Å². The largest absolute Gasteiger partial charge is 0.324 e. The van der Waals surface area contributed by atoms with Gasteiger partial charge in [0, 0.05) is 52.5 Å². The molecule has 0 bridgehead atoms. The number of hydrogen-bond donors (Lipinski definition) is 1. The average Bonchev–Trinajstić information content (AvgIpc) is 3.53. The van der Waals surface area contributed by atoms with E-state index in [4.69, 9.17) is 0 Å². The first kappa shape index (κ1) is 21.9. The number of hydrogen-bond acceptors (Lipinski definition) is 6. The molecule has 3 aromatic rings. The van der Waals surface area contributed by atoms with Crippen LogP contribution in [0, 0.1) is 21.8 Å². The van der Waals surface area contributed by atoms with E-state index in [0.717, 1.165) is 5.56 Å². The molecule has 176 valence electrons. The topological polar surface area (TPSA) is 92.5 Å². The molecule has 1 N–H and O–H groups in total. The van der Waals surface area contributed by atoms with Gasteiger partial charge in [-0.3, -0.25) is 24.6 Å². The zero-order valence-electron chi connectivity index (χ0n) is 18.4. The summed E-state index contributed by atoms with van der Waals surface area (Å²) in [4.78, 5) is 40.9. The standard InChI is InChI=1S/C26H20FN3O4S/c27-17-8-11-20-19(12-17)26(25(32)28-20)23(24(31)16-4-2-1-3-5-16)22(21-13-35-14-29(21)26)15-6-9-18(10-7-15)30(33)34/h1-12,21-23H,13-14H2,(H,28,32)/t21-,22+,23-,26+/m0/s1. The Morgan fingerprint density at radius 3 is 2.57 bits per heavy atom. The van der Waals surface area contributed by atoms with Gasteiger partial charge in [0.05, 0.1) is 10.8 Å². The summed E-state index contributed by atoms with van der Waals surface area (Å²) in [5.74, 6) is -1.10. The summed E-state index contributed by atoms with van der Waals surface area (Å²) < 4.78 is 14.5. The number of amides is 1. The van der Waals surface area contributed by atoms with Crippen LogP contribution in [0.15, 0.2) is 72.8 Å². The number of halogens is 1. The summed E-state index contributed by atoms with van der Waals surface area (Å²) in [6.07, 6.45) is 0. The highest BCUT2D eigenvalue weighted by Crippen LogP contribution is 2.61. The molecule has 3 heterocycles. The van der Waals surface area contributed by atoms with Crippen LogP contribution in [0.1, 0.15) is 27.4 Å². The maximum atomic E-state index is 14.5. The Bertz CT molecular complexity index is 1370. The van der Waals surface area contributed by atoms with Gasteiger partial charge in [0.25, 0.3) is 5.69 Å². The molecule has 0 saturated carbocycles. The van der Waals surface area contributed by atoms with Crippen molar-refractivity contribution < 1.29 is 18.9 Å². The third-order valence-corrected chi connectivity index (χ3v) is 8.45. The number of fused-ring (bicyclic) bond motifs is 4. The van der Waals surface area contributed by atoms with Crippen molar-refractivity contribution in [2.24, 2.45) is 5.92 Å². The number of nitrogens with zero attached hydrogens (tertiary/aromatic N) is 2. The van der Waals surface area contributed by atoms with E-state index in [-0.39, 0.29) is 23.4 Å². The van der Waals surface area contributed by atoms with Crippen molar-refractivity contribution in [3.8, 4) is 0 Å². The van der Waals surface area contributed by atoms with Gasteiger partial charge in [-0.15, -0.1) is 11.8 Å². The van der Waals surface area contributed by atoms with E-state index in [1.54, 1.807) is 54.2 Å². The van der Waals surface area contributed by atoms with E-state index in [1.807, 2.05) is 11.0 Å². The molecule has 9 heteroatoms. The Hall–Kier alpha value is -3.56. The molecule has 0 unspecified atom stereocenters. The first-order valence-corrected chi connectivity index (χ1v) is 12.4. The zero-order chi connectivity index (χ0) is 24.3. The van der Waals surface area contributed by atoms with Crippen molar-refractivity contribution in [1.82, 2.24) is 4.90 Å². The fourth-order valence-corrected chi connectivity index (χ4v) is 7.35. The van der Waals surface area contributed by atoms with Gasteiger partial charge in [-0.25, -0.2) is 4.39 Å². The van der Waals surface area contributed by atoms with E-state index in [9.17, 15) is 24.1 Å². The quantitative estimate of drug-likeness (QED) is 0.328. The minimum atomic E-state index is -1.38. The lowest BCUT2D eigenvalue weighted by Crippen LogP contribution is -2.52. The van der Waals surface area contributed by atoms with E-state index in [2.05, 4.69) is 5.32 Å². The fraction of sp³-hybridized carbons (Fsp3) is 0.231. The predicted molar refractivity (Wildman–Crippen MR) is 130 cm³/mol. The Morgan fingerprint density at radius 2 is 1.86 bits per heavy atom. The molecule has 3 aromatic carbocycles. The van der Waals surface area contributed by atoms with Crippen LogP contribution in [0.2, 0.25) is 0 Å². The SMILES string of the molecule is O=C(c1ccccc1)[C@@H]1[C@H](c2ccc([N+](=O)[O-])cc2)[C@@H]2CSCN2[C@@]12C(=O)Nc1ccc(F)cc12. The molecule has 0 aliphatic carbocycles. The number of nitro benzene ring substituents is 1. The van der Waals surface area contributed by atoms with E-state index < -0.39 is 28.1 Å². The second-order valence-corrected chi connectivity index (χ2v) is 10.0. The third kappa shape index (κ3) is 3.08. The van der Waals surface area contributed by atoms with Crippen molar-refractivity contribution in [1.29, 1.82) is 0 Å². The van der Waals surface area contributed by atoms with Crippen LogP contribution in [0.25, 0.3) is 0 Å². The molecule has 4 atom stereocenters. The van der Waals surface area contributed by atoms with Crippen LogP contribution in [-0.2, 0) is 10.3 Å². The molecule has 3 aliphatic rings. The number of non-ortho nitro benzene ring substituents is 1. The lowest BCUT2D eigenvalue weighted by atomic mass is 9.69. The Kier molecular flexibility index (Phi) is 5.01. The van der Waals surface area contributed by atoms with Crippen LogP contribution < -0.4 is 5.32 Å². The number of anilines is 1. The molecule has 0 radical (unpaired) electrons. The lowest BCUT2D eigenvalue weighted by molar-refractivity contribution is -0.384. The number of benzene rings is 3. The summed E-state index contributed by atoms with van der Waals surface area (Å²) in [6, 6.07) is 19.0. The molecular weight excluding hydrogens is 469 g/mol. The molecule has 2 saturated heterocycles. The van der Waals surface area contributed by atoms with Gasteiger partial charge in [0.15, 0.2) is 5.78 Å². The summed E-state index contributed by atoms with van der Waals surface area (Å²) in [5.41, 5.74) is 0.754. The van der Waals surface area contributed by atoms with Crippen molar-refractivity contribution >= 4 is 34.8 Å². The molecular formula is C26H20FN3O4S. The first-order chi connectivity index (χ1) is 16.9. The van der Waals surface area contributed by atoms with Crippen LogP contribution in [0.5, 0.6) is 0 Å². The maximum Gasteiger partial charge on any atom is 0.269 e. The van der Waals surface area contributed by atoms with Gasteiger partial charge in [0.1, 0.15) is 11.4 Å². The summed E-state index contributed by atoms with van der Waals surface area (Å²) in [7, 11) is 0. The molecule has 3 aliphatic heterocycles. The van der Waals surface area contributed by atoms with E-state index in [0.29, 0.717) is 28.4 Å². The van der Waals surface area contributed by atoms with Crippen LogP contribution in [-0.4, -0.2) is 39.2 Å². The van der Waals surface area contributed by atoms with Gasteiger partial charge in [-0.05, 0) is 23.8 Å². The minimum absolute atomic E-state index is 0.0453. The minimum Gasteiger partial charge on any atom is -0.324 e. The van der Waals surface area contributed by atoms with Gasteiger partial charge >= 0.3 is 0 Å². The highest BCUT2D eigenvalue weighted by atomic mass is 32.2. The number of thioether (sulfide) groups is 1. The predicted octanol–water partition coefficient (Wildman–Crippen LogP) is 4.55. The van der Waals surface area contributed by atoms with Gasteiger partial charge in [-0.1, -0.05) is 42.5 Å². The fourth-order valence-electron chi connectivity index (χ4n) is 6.02. The summed E-state index contributed by atoms with van der Waals surface area (Å²) in [6.45, 7) is 0. The smallest absolute Gasteiger partial charge is 0.269 e. The van der Waals surface area contributed by atoms with Crippen LogP contribution >= 0.6 is 11.8 Å². The summed E-state index contributed by atoms with van der Waals surface area (Å²) >= 11 is 1.66. The number of carbonyl (C=O) groups is 2. The Labute approximate surface area is 204 Å². The van der Waals surface area contributed by atoms with Crippen LogP contribution in [0.3, 0.4) is 0 Å². The van der Waals surface area contributed by atoms with E-state index >= 15 is 0 Å². The number of ketones is 1. The molecule has 1 amide bonds. The molecule has 6 rings (SSSR count). The number of nitro groups is 1. The molecule has 7 nitrogen and oxygen atoms in total. The van der Waals surface area contributed by atoms with Gasteiger partial charge in [-0.2, -0.15) is 0 Å². The number of nitrogens with one attached hydrogen (secondary N) is 1. The second-order valence-electron chi connectivity index (χ2n) is 9.03. The monoisotopic (exact) mass is 489 g/mol. The average molecular weight is 490 g/mol. The Morgan fingerprint density at radius 1 is 1.11 bits per heavy atom. The number of carbonyl (C=O) groups excluding carboxylic acids is 2. The molecule has 0 aromatic heterocycles. The first-order valence-electron chi connectivity index (χ1n) is 11.2. The van der Waals surface area contributed by atoms with Gasteiger partial charge < -0.3 is 5.32 Å². The third-order valence-electron chi connectivity index (χ3n) is 7.41. The number of rotatable bonds is 4. The molecule has 35 heavy (non-hydrogen) atoms. The van der Waals surface area contributed by atoms with Crippen LogP contribution in [0.4, 0.5) is 15.8 Å². The maximum absolute atomic E-state index is 14.5. The van der Waals surface area contributed by atoms with Gasteiger partial charge in [0.2, 0.25) is 5.91 Å². The lowest BCUT2D eigenvalue weighted by Gasteiger charge is -2.36. The summed E-state index contributed by atoms with van der Waals surface area (Å²) in [5, 5.41) is 14.1. The highest BCUT2D eigenvalue weighted by Gasteiger charge is 2.69. The molecule has 1 spiro atoms. The van der Waals surface area contributed by atoms with Crippen molar-refractivity contribution in [2.75, 3.05) is 16.9 Å². The van der Waals surface area contributed by atoms with Crippen molar-refractivity contribution in [3.05, 3.63) is 105 Å². The van der Waals surface area contributed by atoms with Crippen molar-refractivity contribution in [2.45, 2.75) is 17.5 Å². The normalized spacial score (nSPS) is 27.0. The zero-order valence-corrected chi connectivity index (χ0v) is 19.2. The second kappa shape index (κ2) is 8.00. The molecule has 2 fully saturated rings. The number of Topliss-reactive ketones (excluding diaryl/α,β-unsaturated/α-hetero) is 1.